The maximum atomic E-state index is 12.9. The molecule has 0 fully saturated rings. The summed E-state index contributed by atoms with van der Waals surface area (Å²) in [5.41, 5.74) is 0.956. The van der Waals surface area contributed by atoms with E-state index >= 15 is 0 Å². The zero-order valence-corrected chi connectivity index (χ0v) is 17.1. The lowest BCUT2D eigenvalue weighted by atomic mass is 10.1. The number of nitrogens with one attached hydrogen (secondary N) is 2. The number of aryl methyl sites for hydroxylation is 1. The second-order valence-corrected chi connectivity index (χ2v) is 8.06. The third-order valence-corrected chi connectivity index (χ3v) is 5.81. The summed E-state index contributed by atoms with van der Waals surface area (Å²) in [5.74, 6) is -1.00. The molecule has 2 aromatic carbocycles. The van der Waals surface area contributed by atoms with E-state index in [1.165, 1.54) is 31.4 Å². The number of benzene rings is 2. The number of amides is 1. The van der Waals surface area contributed by atoms with Gasteiger partial charge in [0.2, 0.25) is 0 Å². The van der Waals surface area contributed by atoms with Crippen molar-refractivity contribution in [2.45, 2.75) is 38.1 Å². The minimum atomic E-state index is -4.04. The molecule has 0 aliphatic heterocycles. The molecule has 28 heavy (non-hydrogen) atoms. The lowest BCUT2D eigenvalue weighted by Crippen LogP contribution is -2.32. The Hall–Kier alpha value is -2.87. The maximum Gasteiger partial charge on any atom is 0.337 e. The first-order valence-corrected chi connectivity index (χ1v) is 10.3. The van der Waals surface area contributed by atoms with Crippen LogP contribution in [-0.2, 0) is 14.8 Å². The summed E-state index contributed by atoms with van der Waals surface area (Å²) in [6.07, 6.45) is 0.749. The van der Waals surface area contributed by atoms with Gasteiger partial charge in [0.05, 0.1) is 28.8 Å². The Morgan fingerprint density at radius 2 is 1.82 bits per heavy atom. The quantitative estimate of drug-likeness (QED) is 0.691. The van der Waals surface area contributed by atoms with E-state index in [0.717, 1.165) is 6.42 Å². The van der Waals surface area contributed by atoms with Gasteiger partial charge in [-0.1, -0.05) is 25.1 Å². The summed E-state index contributed by atoms with van der Waals surface area (Å²) in [6, 6.07) is 10.6. The van der Waals surface area contributed by atoms with Gasteiger partial charge in [0.25, 0.3) is 15.9 Å². The highest BCUT2D eigenvalue weighted by molar-refractivity contribution is 7.92. The van der Waals surface area contributed by atoms with Gasteiger partial charge in [-0.25, -0.2) is 13.2 Å². The first-order chi connectivity index (χ1) is 13.2. The van der Waals surface area contributed by atoms with E-state index < -0.39 is 16.0 Å². The van der Waals surface area contributed by atoms with Crippen molar-refractivity contribution in [2.24, 2.45) is 0 Å². The summed E-state index contributed by atoms with van der Waals surface area (Å²) < 4.78 is 33.0. The van der Waals surface area contributed by atoms with E-state index in [2.05, 4.69) is 14.8 Å². The van der Waals surface area contributed by atoms with Gasteiger partial charge in [-0.3, -0.25) is 9.52 Å². The molecule has 7 nitrogen and oxygen atoms in total. The lowest BCUT2D eigenvalue weighted by molar-refractivity contribution is 0.0600. The van der Waals surface area contributed by atoms with Crippen molar-refractivity contribution < 1.29 is 22.7 Å². The molecule has 150 valence electrons. The number of esters is 1. The predicted octanol–water partition coefficient (Wildman–Crippen LogP) is 3.11. The topological polar surface area (TPSA) is 102 Å². The average Bonchev–Trinajstić information content (AvgIpc) is 2.67. The van der Waals surface area contributed by atoms with E-state index in [4.69, 9.17) is 0 Å². The van der Waals surface area contributed by atoms with Crippen LogP contribution in [0.4, 0.5) is 5.69 Å². The zero-order valence-electron chi connectivity index (χ0n) is 16.3. The molecule has 2 rings (SSSR count). The molecule has 1 amide bonds. The number of carbonyl (C=O) groups excluding carboxylic acids is 2. The molecule has 0 saturated carbocycles. The Bertz CT molecular complexity index is 986. The van der Waals surface area contributed by atoms with Crippen LogP contribution in [0.3, 0.4) is 0 Å². The van der Waals surface area contributed by atoms with Crippen LogP contribution >= 0.6 is 0 Å². The van der Waals surface area contributed by atoms with Crippen molar-refractivity contribution in [3.8, 4) is 0 Å². The first kappa shape index (κ1) is 21.4. The number of hydrogen-bond donors (Lipinski definition) is 2. The first-order valence-electron chi connectivity index (χ1n) is 8.81. The fourth-order valence-electron chi connectivity index (χ4n) is 2.51. The summed E-state index contributed by atoms with van der Waals surface area (Å²) in [6.45, 7) is 5.43. The largest absolute Gasteiger partial charge is 0.465 e. The Balaban J connectivity index is 2.41. The van der Waals surface area contributed by atoms with E-state index in [0.29, 0.717) is 5.56 Å². The van der Waals surface area contributed by atoms with Gasteiger partial charge in [-0.05, 0) is 50.1 Å². The molecule has 1 atom stereocenters. The molecule has 0 radical (unpaired) electrons. The van der Waals surface area contributed by atoms with Gasteiger partial charge in [0, 0.05) is 6.04 Å². The SMILES string of the molecule is CCC(C)NC(=O)c1ccccc1NS(=O)(=O)c1cc(C(=O)OC)ccc1C. The van der Waals surface area contributed by atoms with Crippen LogP contribution in [0, 0.1) is 6.92 Å². The van der Waals surface area contributed by atoms with Gasteiger partial charge >= 0.3 is 5.97 Å². The molecular formula is C20H24N2O5S. The van der Waals surface area contributed by atoms with Crippen molar-refractivity contribution in [2.75, 3.05) is 11.8 Å². The van der Waals surface area contributed by atoms with Gasteiger partial charge in [-0.15, -0.1) is 0 Å². The number of para-hydroxylation sites is 1. The highest BCUT2D eigenvalue weighted by Gasteiger charge is 2.22. The predicted molar refractivity (Wildman–Crippen MR) is 107 cm³/mol. The van der Waals surface area contributed by atoms with E-state index in [1.807, 2.05) is 13.8 Å². The van der Waals surface area contributed by atoms with Crippen LogP contribution in [0.5, 0.6) is 0 Å². The van der Waals surface area contributed by atoms with Crippen LogP contribution in [-0.4, -0.2) is 33.4 Å². The number of sulfonamides is 1. The number of ether oxygens (including phenoxy) is 1. The van der Waals surface area contributed by atoms with Crippen molar-refractivity contribution in [3.63, 3.8) is 0 Å². The van der Waals surface area contributed by atoms with Crippen LogP contribution < -0.4 is 10.0 Å². The number of rotatable bonds is 7. The second kappa shape index (κ2) is 8.88. The van der Waals surface area contributed by atoms with Crippen molar-refractivity contribution in [3.05, 3.63) is 59.2 Å². The zero-order chi connectivity index (χ0) is 20.9. The van der Waals surface area contributed by atoms with Gasteiger partial charge in [0.15, 0.2) is 0 Å². The maximum absolute atomic E-state index is 12.9. The summed E-state index contributed by atoms with van der Waals surface area (Å²) in [7, 11) is -2.81. The average molecular weight is 404 g/mol. The third kappa shape index (κ3) is 4.89. The number of methoxy groups -OCH3 is 1. The van der Waals surface area contributed by atoms with Gasteiger partial charge in [-0.2, -0.15) is 0 Å². The Morgan fingerprint density at radius 1 is 1.14 bits per heavy atom. The molecule has 8 heteroatoms. The molecule has 1 unspecified atom stereocenters. The highest BCUT2D eigenvalue weighted by Crippen LogP contribution is 2.23. The highest BCUT2D eigenvalue weighted by atomic mass is 32.2. The number of carbonyl (C=O) groups is 2. The standard InChI is InChI=1S/C20H24N2O5S/c1-5-14(3)21-19(23)16-8-6-7-9-17(16)22-28(25,26)18-12-15(20(24)27-4)11-10-13(18)2/h6-12,14,22H,5H2,1-4H3,(H,21,23). The number of anilines is 1. The molecule has 0 heterocycles. The van der Waals surface area contributed by atoms with Crippen LogP contribution in [0.25, 0.3) is 0 Å². The summed E-state index contributed by atoms with van der Waals surface area (Å²) >= 11 is 0. The van der Waals surface area contributed by atoms with Crippen LogP contribution in [0.2, 0.25) is 0 Å². The van der Waals surface area contributed by atoms with E-state index in [-0.39, 0.29) is 33.7 Å². The van der Waals surface area contributed by atoms with E-state index in [1.54, 1.807) is 25.1 Å². The number of hydrogen-bond acceptors (Lipinski definition) is 5. The monoisotopic (exact) mass is 404 g/mol. The Morgan fingerprint density at radius 3 is 2.46 bits per heavy atom. The van der Waals surface area contributed by atoms with Crippen LogP contribution in [0.1, 0.15) is 46.5 Å². The molecule has 0 aromatic heterocycles. The Kier molecular flexibility index (Phi) is 6.80. The molecule has 2 N–H and O–H groups in total. The fraction of sp³-hybridized carbons (Fsp3) is 0.300. The second-order valence-electron chi connectivity index (χ2n) is 6.41. The minimum absolute atomic E-state index is 0.0452. The van der Waals surface area contributed by atoms with Crippen LogP contribution in [0.15, 0.2) is 47.4 Å². The summed E-state index contributed by atoms with van der Waals surface area (Å²) in [5, 5.41) is 2.82. The molecule has 0 aliphatic carbocycles. The van der Waals surface area contributed by atoms with Crippen molar-refractivity contribution in [1.29, 1.82) is 0 Å². The molecule has 0 spiro atoms. The smallest absolute Gasteiger partial charge is 0.337 e. The molecule has 0 saturated heterocycles. The third-order valence-electron chi connectivity index (χ3n) is 4.30. The fourth-order valence-corrected chi connectivity index (χ4v) is 3.86. The van der Waals surface area contributed by atoms with Gasteiger partial charge in [0.1, 0.15) is 0 Å². The van der Waals surface area contributed by atoms with E-state index in [9.17, 15) is 18.0 Å². The molecule has 0 aliphatic rings. The van der Waals surface area contributed by atoms with Gasteiger partial charge < -0.3 is 10.1 Å². The lowest BCUT2D eigenvalue weighted by Gasteiger charge is -2.16. The Labute approximate surface area is 165 Å². The normalized spacial score (nSPS) is 12.1. The van der Waals surface area contributed by atoms with Crippen molar-refractivity contribution >= 4 is 27.6 Å². The molecule has 2 aromatic rings. The molecule has 0 bridgehead atoms. The summed E-state index contributed by atoms with van der Waals surface area (Å²) in [4.78, 5) is 24.2. The minimum Gasteiger partial charge on any atom is -0.465 e. The van der Waals surface area contributed by atoms with Crippen molar-refractivity contribution in [1.82, 2.24) is 5.32 Å². The molecular weight excluding hydrogens is 380 g/mol.